The first kappa shape index (κ1) is 20.5. The fraction of sp³-hybridized carbons (Fsp3) is 0.625. The highest BCUT2D eigenvalue weighted by Crippen LogP contribution is 2.40. The zero-order valence-corrected chi connectivity index (χ0v) is 18.3. The molecule has 3 fully saturated rings. The molecule has 3 heterocycles. The van der Waals surface area contributed by atoms with E-state index in [0.29, 0.717) is 25.5 Å². The van der Waals surface area contributed by atoms with Gasteiger partial charge in [0.25, 0.3) is 0 Å². The molecule has 1 spiro atoms. The van der Waals surface area contributed by atoms with Gasteiger partial charge in [0.05, 0.1) is 16.6 Å². The highest BCUT2D eigenvalue weighted by Gasteiger charge is 2.45. The molecule has 1 unspecified atom stereocenters. The summed E-state index contributed by atoms with van der Waals surface area (Å²) in [5, 5.41) is 0. The molecule has 31 heavy (non-hydrogen) atoms. The number of nitrogens with zero attached hydrogens (tertiary/aromatic N) is 3. The Kier molecular flexibility index (Phi) is 5.46. The van der Waals surface area contributed by atoms with Crippen LogP contribution >= 0.6 is 0 Å². The molecule has 2 saturated heterocycles. The minimum Gasteiger partial charge on any atom is -0.375 e. The van der Waals surface area contributed by atoms with Crippen molar-refractivity contribution in [2.75, 3.05) is 19.7 Å². The molecule has 1 N–H and O–H groups in total. The Labute approximate surface area is 183 Å². The normalized spacial score (nSPS) is 23.3. The second-order valence-corrected chi connectivity index (χ2v) is 9.42. The first-order chi connectivity index (χ1) is 15.0. The minimum absolute atomic E-state index is 0.180. The van der Waals surface area contributed by atoms with Crippen LogP contribution in [0.15, 0.2) is 24.3 Å². The summed E-state index contributed by atoms with van der Waals surface area (Å²) in [4.78, 5) is 37.0. The number of benzene rings is 1. The van der Waals surface area contributed by atoms with Crippen molar-refractivity contribution in [3.05, 3.63) is 30.1 Å². The predicted molar refractivity (Wildman–Crippen MR) is 117 cm³/mol. The van der Waals surface area contributed by atoms with Crippen LogP contribution in [-0.2, 0) is 20.7 Å². The fourth-order valence-electron chi connectivity index (χ4n) is 5.42. The van der Waals surface area contributed by atoms with Gasteiger partial charge in [-0.3, -0.25) is 9.59 Å². The SMILES string of the molecule is CC(=O)N(C1CC1)C1CCOC2(CCN(C(=O)CCc3nc4ccccc4[nH]3)CC2)C1. The number of nitrogens with one attached hydrogen (secondary N) is 1. The highest BCUT2D eigenvalue weighted by atomic mass is 16.5. The number of likely N-dealkylation sites (tertiary alicyclic amines) is 1. The number of amides is 2. The molecule has 1 aromatic carbocycles. The van der Waals surface area contributed by atoms with Gasteiger partial charge >= 0.3 is 0 Å². The molecule has 1 atom stereocenters. The zero-order chi connectivity index (χ0) is 21.4. The van der Waals surface area contributed by atoms with Crippen LogP contribution in [0, 0.1) is 0 Å². The third-order valence-electron chi connectivity index (χ3n) is 7.21. The average molecular weight is 425 g/mol. The lowest BCUT2D eigenvalue weighted by molar-refractivity contribution is -0.155. The molecule has 2 aliphatic heterocycles. The Morgan fingerprint density at radius 2 is 1.97 bits per heavy atom. The molecule has 2 aromatic rings. The monoisotopic (exact) mass is 424 g/mol. The van der Waals surface area contributed by atoms with Gasteiger partial charge in [0.15, 0.2) is 0 Å². The molecule has 7 heteroatoms. The van der Waals surface area contributed by atoms with Crippen molar-refractivity contribution in [2.45, 2.75) is 76.0 Å². The van der Waals surface area contributed by atoms with Crippen molar-refractivity contribution in [3.8, 4) is 0 Å². The van der Waals surface area contributed by atoms with E-state index >= 15 is 0 Å². The number of hydrogen-bond donors (Lipinski definition) is 1. The van der Waals surface area contributed by atoms with Gasteiger partial charge in [0.2, 0.25) is 11.8 Å². The molecule has 7 nitrogen and oxygen atoms in total. The van der Waals surface area contributed by atoms with Gasteiger partial charge in [0, 0.05) is 51.5 Å². The molecule has 166 valence electrons. The van der Waals surface area contributed by atoms with E-state index in [1.807, 2.05) is 29.2 Å². The topological polar surface area (TPSA) is 78.5 Å². The van der Waals surface area contributed by atoms with Gasteiger partial charge < -0.3 is 19.5 Å². The fourth-order valence-corrected chi connectivity index (χ4v) is 5.42. The van der Waals surface area contributed by atoms with Crippen LogP contribution < -0.4 is 0 Å². The molecule has 1 aromatic heterocycles. The summed E-state index contributed by atoms with van der Waals surface area (Å²) >= 11 is 0. The number of para-hydroxylation sites is 2. The number of aromatic amines is 1. The Morgan fingerprint density at radius 3 is 2.68 bits per heavy atom. The third kappa shape index (κ3) is 4.33. The van der Waals surface area contributed by atoms with Crippen LogP contribution in [0.2, 0.25) is 0 Å². The summed E-state index contributed by atoms with van der Waals surface area (Å²) in [7, 11) is 0. The van der Waals surface area contributed by atoms with Gasteiger partial charge in [-0.25, -0.2) is 4.98 Å². The maximum Gasteiger partial charge on any atom is 0.223 e. The molecular formula is C24H32N4O3. The maximum absolute atomic E-state index is 12.8. The van der Waals surface area contributed by atoms with Crippen LogP contribution in [-0.4, -0.2) is 69.0 Å². The maximum atomic E-state index is 12.8. The van der Waals surface area contributed by atoms with Gasteiger partial charge in [-0.1, -0.05) is 12.1 Å². The second-order valence-electron chi connectivity index (χ2n) is 9.42. The number of imidazole rings is 1. The number of H-pyrrole nitrogens is 1. The Bertz CT molecular complexity index is 926. The molecule has 1 saturated carbocycles. The number of aryl methyl sites for hydroxylation is 1. The molecule has 0 radical (unpaired) electrons. The molecule has 3 aliphatic rings. The van der Waals surface area contributed by atoms with Gasteiger partial charge in [0.1, 0.15) is 5.82 Å². The van der Waals surface area contributed by atoms with Crippen molar-refractivity contribution >= 4 is 22.8 Å². The first-order valence-corrected chi connectivity index (χ1v) is 11.7. The minimum atomic E-state index is -0.180. The van der Waals surface area contributed by atoms with E-state index in [1.165, 1.54) is 0 Å². The lowest BCUT2D eigenvalue weighted by Crippen LogP contribution is -2.55. The summed E-state index contributed by atoms with van der Waals surface area (Å²) in [6, 6.07) is 8.67. The number of aromatic nitrogens is 2. The molecule has 5 rings (SSSR count). The Hall–Kier alpha value is -2.41. The summed E-state index contributed by atoms with van der Waals surface area (Å²) in [6.45, 7) is 3.87. The Balaban J connectivity index is 1.15. The van der Waals surface area contributed by atoms with E-state index in [-0.39, 0.29) is 23.5 Å². The van der Waals surface area contributed by atoms with Crippen LogP contribution in [0.4, 0.5) is 0 Å². The summed E-state index contributed by atoms with van der Waals surface area (Å²) in [6.07, 6.45) is 6.92. The molecule has 1 aliphatic carbocycles. The molecular weight excluding hydrogens is 392 g/mol. The van der Waals surface area contributed by atoms with E-state index in [4.69, 9.17) is 4.74 Å². The average Bonchev–Trinajstić information content (AvgIpc) is 3.49. The van der Waals surface area contributed by atoms with Crippen molar-refractivity contribution in [2.24, 2.45) is 0 Å². The standard InChI is InChI=1S/C24H32N4O3/c1-17(29)28(18-6-7-18)19-10-15-31-24(16-19)11-13-27(14-12-24)23(30)9-8-22-25-20-4-2-3-5-21(20)26-22/h2-5,18-19H,6-16H2,1H3,(H,25,26). The quantitative estimate of drug-likeness (QED) is 0.800. The number of carbonyl (C=O) groups is 2. The largest absolute Gasteiger partial charge is 0.375 e. The number of hydrogen-bond acceptors (Lipinski definition) is 4. The number of carbonyl (C=O) groups excluding carboxylic acids is 2. The molecule has 2 amide bonds. The third-order valence-corrected chi connectivity index (χ3v) is 7.21. The van der Waals surface area contributed by atoms with Crippen LogP contribution in [0.3, 0.4) is 0 Å². The van der Waals surface area contributed by atoms with Crippen molar-refractivity contribution in [3.63, 3.8) is 0 Å². The van der Waals surface area contributed by atoms with Gasteiger partial charge in [-0.15, -0.1) is 0 Å². The van der Waals surface area contributed by atoms with Crippen molar-refractivity contribution in [1.29, 1.82) is 0 Å². The van der Waals surface area contributed by atoms with E-state index in [0.717, 1.165) is 68.5 Å². The van der Waals surface area contributed by atoms with Gasteiger partial charge in [-0.2, -0.15) is 0 Å². The van der Waals surface area contributed by atoms with E-state index in [2.05, 4.69) is 14.9 Å². The number of fused-ring (bicyclic) bond motifs is 1. The highest BCUT2D eigenvalue weighted by molar-refractivity contribution is 5.77. The Morgan fingerprint density at radius 1 is 1.19 bits per heavy atom. The lowest BCUT2D eigenvalue weighted by atomic mass is 9.81. The van der Waals surface area contributed by atoms with Gasteiger partial charge in [-0.05, 0) is 50.7 Å². The zero-order valence-electron chi connectivity index (χ0n) is 18.3. The van der Waals surface area contributed by atoms with Crippen molar-refractivity contribution < 1.29 is 14.3 Å². The van der Waals surface area contributed by atoms with Crippen LogP contribution in [0.25, 0.3) is 11.0 Å². The molecule has 0 bridgehead atoms. The summed E-state index contributed by atoms with van der Waals surface area (Å²) in [5.74, 6) is 1.25. The van der Waals surface area contributed by atoms with Crippen molar-refractivity contribution in [1.82, 2.24) is 19.8 Å². The van der Waals surface area contributed by atoms with E-state index in [1.54, 1.807) is 6.92 Å². The summed E-state index contributed by atoms with van der Waals surface area (Å²) in [5.41, 5.74) is 1.78. The smallest absolute Gasteiger partial charge is 0.223 e. The summed E-state index contributed by atoms with van der Waals surface area (Å²) < 4.78 is 6.27. The first-order valence-electron chi connectivity index (χ1n) is 11.7. The van der Waals surface area contributed by atoms with Crippen LogP contribution in [0.1, 0.15) is 57.7 Å². The lowest BCUT2D eigenvalue weighted by Gasteiger charge is -2.48. The van der Waals surface area contributed by atoms with E-state index < -0.39 is 0 Å². The number of ether oxygens (including phenoxy) is 1. The number of piperidine rings is 1. The predicted octanol–water partition coefficient (Wildman–Crippen LogP) is 3.05. The second kappa shape index (κ2) is 8.26. The number of rotatable bonds is 5. The van der Waals surface area contributed by atoms with E-state index in [9.17, 15) is 9.59 Å². The van der Waals surface area contributed by atoms with Crippen LogP contribution in [0.5, 0.6) is 0 Å².